The molecule has 1 aliphatic carbocycles. The van der Waals surface area contributed by atoms with Crippen molar-refractivity contribution in [2.24, 2.45) is 10.9 Å². The summed E-state index contributed by atoms with van der Waals surface area (Å²) in [4.78, 5) is 29.5. The van der Waals surface area contributed by atoms with Gasteiger partial charge in [-0.15, -0.1) is 0 Å². The zero-order valence-electron chi connectivity index (χ0n) is 15.8. The third kappa shape index (κ3) is 4.09. The first-order chi connectivity index (χ1) is 11.9. The predicted octanol–water partition coefficient (Wildman–Crippen LogP) is 3.24. The van der Waals surface area contributed by atoms with Crippen LogP contribution in [0.2, 0.25) is 0 Å². The van der Waals surface area contributed by atoms with E-state index in [0.29, 0.717) is 5.84 Å². The Hall–Kier alpha value is -2.59. The van der Waals surface area contributed by atoms with Crippen molar-refractivity contribution in [1.82, 2.24) is 10.2 Å². The number of nitrogens with one attached hydrogen (secondary N) is 1. The van der Waals surface area contributed by atoms with Gasteiger partial charge in [0.15, 0.2) is 5.94 Å². The van der Waals surface area contributed by atoms with Crippen LogP contribution in [-0.4, -0.2) is 34.7 Å². The SMILES string of the molecule is C/C=C\N=C(C)NC(=O)C1=C(O)C2=C(CCC2C)N(C)C1=C=O.CC. The van der Waals surface area contributed by atoms with Crippen molar-refractivity contribution in [3.63, 3.8) is 0 Å². The van der Waals surface area contributed by atoms with Crippen molar-refractivity contribution in [3.8, 4) is 0 Å². The fraction of sp³-hybridized carbons (Fsp3) is 0.474. The summed E-state index contributed by atoms with van der Waals surface area (Å²) in [5.74, 6) is 1.61. The van der Waals surface area contributed by atoms with Crippen LogP contribution >= 0.6 is 0 Å². The summed E-state index contributed by atoms with van der Waals surface area (Å²) in [6.07, 6.45) is 4.92. The van der Waals surface area contributed by atoms with Gasteiger partial charge < -0.3 is 15.3 Å². The van der Waals surface area contributed by atoms with Gasteiger partial charge in [0.1, 0.15) is 22.9 Å². The molecule has 0 aromatic heterocycles. The van der Waals surface area contributed by atoms with Crippen LogP contribution in [0.25, 0.3) is 0 Å². The fourth-order valence-electron chi connectivity index (χ4n) is 2.96. The van der Waals surface area contributed by atoms with Crippen LogP contribution in [0, 0.1) is 5.92 Å². The number of rotatable bonds is 2. The van der Waals surface area contributed by atoms with Gasteiger partial charge in [0.05, 0.1) is 0 Å². The van der Waals surface area contributed by atoms with Gasteiger partial charge in [-0.2, -0.15) is 0 Å². The van der Waals surface area contributed by atoms with Gasteiger partial charge in [-0.25, -0.2) is 9.79 Å². The van der Waals surface area contributed by atoms with Crippen LogP contribution < -0.4 is 5.32 Å². The number of carbonyl (C=O) groups excluding carboxylic acids is 2. The summed E-state index contributed by atoms with van der Waals surface area (Å²) in [5, 5.41) is 13.2. The number of amides is 1. The highest BCUT2D eigenvalue weighted by molar-refractivity contribution is 6.10. The van der Waals surface area contributed by atoms with Crippen molar-refractivity contribution in [1.29, 1.82) is 0 Å². The van der Waals surface area contributed by atoms with Crippen LogP contribution in [0.4, 0.5) is 0 Å². The minimum atomic E-state index is -0.566. The molecule has 1 amide bonds. The second-order valence-electron chi connectivity index (χ2n) is 5.68. The standard InChI is InChI=1S/C17H21N3O3.C2H6/c1-5-8-18-11(3)19-17(23)15-13(9-21)20(4)12-7-6-10(2)14(12)16(15)22;1-2/h5,8,10,22H,6-7H2,1-4H3,(H,18,19,23);1-2H3/b8-5-;. The third-order valence-electron chi connectivity index (χ3n) is 4.12. The Morgan fingerprint density at radius 2 is 2.08 bits per heavy atom. The highest BCUT2D eigenvalue weighted by Crippen LogP contribution is 2.43. The van der Waals surface area contributed by atoms with Crippen LogP contribution in [0.5, 0.6) is 0 Å². The number of aliphatic imine (C=N–C) groups is 1. The average Bonchev–Trinajstić information content (AvgIpc) is 2.99. The van der Waals surface area contributed by atoms with Gasteiger partial charge in [0, 0.05) is 24.5 Å². The van der Waals surface area contributed by atoms with Crippen molar-refractivity contribution < 1.29 is 14.7 Å². The molecule has 0 saturated heterocycles. The van der Waals surface area contributed by atoms with E-state index in [-0.39, 0.29) is 22.9 Å². The Morgan fingerprint density at radius 1 is 1.44 bits per heavy atom. The lowest BCUT2D eigenvalue weighted by Gasteiger charge is -2.29. The molecular formula is C19H27N3O3. The zero-order chi connectivity index (χ0) is 19.1. The summed E-state index contributed by atoms with van der Waals surface area (Å²) in [6, 6.07) is 0. The molecule has 2 aliphatic rings. The van der Waals surface area contributed by atoms with Gasteiger partial charge in [-0.1, -0.05) is 26.8 Å². The molecule has 25 heavy (non-hydrogen) atoms. The van der Waals surface area contributed by atoms with E-state index < -0.39 is 5.91 Å². The molecule has 0 radical (unpaired) electrons. The maximum atomic E-state index is 12.5. The van der Waals surface area contributed by atoms with Crippen molar-refractivity contribution in [3.05, 3.63) is 40.6 Å². The van der Waals surface area contributed by atoms with E-state index in [1.807, 2.05) is 27.7 Å². The lowest BCUT2D eigenvalue weighted by Crippen LogP contribution is -2.36. The Labute approximate surface area is 149 Å². The van der Waals surface area contributed by atoms with Crippen LogP contribution in [0.15, 0.2) is 45.6 Å². The second kappa shape index (κ2) is 9.04. The largest absolute Gasteiger partial charge is 0.507 e. The van der Waals surface area contributed by atoms with E-state index in [2.05, 4.69) is 10.3 Å². The molecule has 1 atom stereocenters. The fourth-order valence-corrected chi connectivity index (χ4v) is 2.96. The van der Waals surface area contributed by atoms with Crippen LogP contribution in [0.3, 0.4) is 0 Å². The Morgan fingerprint density at radius 3 is 2.64 bits per heavy atom. The highest BCUT2D eigenvalue weighted by Gasteiger charge is 2.38. The molecule has 1 aliphatic heterocycles. The number of amidine groups is 1. The maximum absolute atomic E-state index is 12.5. The molecule has 0 fully saturated rings. The molecule has 0 bridgehead atoms. The van der Waals surface area contributed by atoms with Gasteiger partial charge in [0.25, 0.3) is 5.91 Å². The number of carbonyl (C=O) groups is 1. The summed E-state index contributed by atoms with van der Waals surface area (Å²) in [6.45, 7) is 9.44. The normalized spacial score (nSPS) is 20.4. The summed E-state index contributed by atoms with van der Waals surface area (Å²) in [5.41, 5.74) is 1.61. The minimum absolute atomic E-state index is 0.0479. The molecule has 2 rings (SSSR count). The van der Waals surface area contributed by atoms with E-state index >= 15 is 0 Å². The molecule has 1 heterocycles. The number of aliphatic hydroxyl groups excluding tert-OH is 1. The van der Waals surface area contributed by atoms with Gasteiger partial charge in [-0.3, -0.25) is 4.79 Å². The van der Waals surface area contributed by atoms with E-state index in [1.54, 1.807) is 37.1 Å². The molecule has 6 nitrogen and oxygen atoms in total. The molecule has 2 N–H and O–H groups in total. The molecule has 1 unspecified atom stereocenters. The second-order valence-corrected chi connectivity index (χ2v) is 5.68. The topological polar surface area (TPSA) is 82.0 Å². The molecule has 6 heteroatoms. The highest BCUT2D eigenvalue weighted by atomic mass is 16.3. The van der Waals surface area contributed by atoms with Crippen molar-refractivity contribution in [2.75, 3.05) is 7.05 Å². The van der Waals surface area contributed by atoms with E-state index in [4.69, 9.17) is 0 Å². The van der Waals surface area contributed by atoms with E-state index in [1.165, 1.54) is 0 Å². The molecule has 0 aromatic rings. The number of hydrogen-bond donors (Lipinski definition) is 2. The maximum Gasteiger partial charge on any atom is 0.263 e. The van der Waals surface area contributed by atoms with Gasteiger partial charge >= 0.3 is 0 Å². The molecular weight excluding hydrogens is 318 g/mol. The number of allylic oxidation sites excluding steroid dienone is 3. The first-order valence-electron chi connectivity index (χ1n) is 8.55. The zero-order valence-corrected chi connectivity index (χ0v) is 15.8. The quantitative estimate of drug-likeness (QED) is 0.457. The smallest absolute Gasteiger partial charge is 0.263 e. The summed E-state index contributed by atoms with van der Waals surface area (Å²) >= 11 is 0. The van der Waals surface area contributed by atoms with E-state index in [9.17, 15) is 14.7 Å². The first-order valence-corrected chi connectivity index (χ1v) is 8.55. The predicted molar refractivity (Wildman–Crippen MR) is 99.5 cm³/mol. The Balaban J connectivity index is 0.00000151. The minimum Gasteiger partial charge on any atom is -0.507 e. The van der Waals surface area contributed by atoms with E-state index in [0.717, 1.165) is 24.1 Å². The number of hydrogen-bond acceptors (Lipinski definition) is 5. The van der Waals surface area contributed by atoms with Crippen LogP contribution in [-0.2, 0) is 9.59 Å². The number of aliphatic hydroxyl groups is 1. The van der Waals surface area contributed by atoms with Crippen molar-refractivity contribution in [2.45, 2.75) is 47.5 Å². The molecule has 0 saturated carbocycles. The molecule has 136 valence electrons. The average molecular weight is 345 g/mol. The number of nitrogens with zero attached hydrogens (tertiary/aromatic N) is 2. The summed E-state index contributed by atoms with van der Waals surface area (Å²) in [7, 11) is 1.72. The Kier molecular flexibility index (Phi) is 7.40. The monoisotopic (exact) mass is 345 g/mol. The van der Waals surface area contributed by atoms with Crippen LogP contribution in [0.1, 0.15) is 47.5 Å². The summed E-state index contributed by atoms with van der Waals surface area (Å²) < 4.78 is 0. The molecule has 0 aromatic carbocycles. The first kappa shape index (κ1) is 20.5. The lowest BCUT2D eigenvalue weighted by molar-refractivity contribution is -0.116. The van der Waals surface area contributed by atoms with Crippen molar-refractivity contribution >= 4 is 17.7 Å². The number of likely N-dealkylation sites (N-methyl/N-ethyl adjacent to an activating group) is 1. The third-order valence-corrected chi connectivity index (χ3v) is 4.12. The van der Waals surface area contributed by atoms with Gasteiger partial charge in [-0.05, 0) is 32.6 Å². The van der Waals surface area contributed by atoms with Gasteiger partial charge in [0.2, 0.25) is 0 Å². The Bertz CT molecular complexity index is 707. The lowest BCUT2D eigenvalue weighted by atomic mass is 9.94. The molecule has 0 spiro atoms.